The first-order chi connectivity index (χ1) is 11.9. The summed E-state index contributed by atoms with van der Waals surface area (Å²) in [4.78, 5) is 35.8. The molecule has 2 N–H and O–H groups in total. The molecule has 0 saturated carbocycles. The van der Waals surface area contributed by atoms with E-state index < -0.39 is 29.8 Å². The van der Waals surface area contributed by atoms with Crippen LogP contribution < -0.4 is 10.6 Å². The van der Waals surface area contributed by atoms with Gasteiger partial charge in [0, 0.05) is 26.6 Å². The summed E-state index contributed by atoms with van der Waals surface area (Å²) in [5.41, 5.74) is 0.297. The highest BCUT2D eigenvalue weighted by atomic mass is 19.3. The summed E-state index contributed by atoms with van der Waals surface area (Å²) in [7, 11) is 1.41. The van der Waals surface area contributed by atoms with Crippen LogP contribution >= 0.6 is 0 Å². The van der Waals surface area contributed by atoms with Gasteiger partial charge in [0.2, 0.25) is 18.2 Å². The predicted octanol–water partition coefficient (Wildman–Crippen LogP) is 1.25. The number of nitrogens with zero attached hydrogens (tertiary/aromatic N) is 1. The molecule has 1 aromatic rings. The third kappa shape index (κ3) is 4.28. The Bertz CT molecular complexity index is 682. The Morgan fingerprint density at radius 3 is 2.48 bits per heavy atom. The second-order valence-corrected chi connectivity index (χ2v) is 5.68. The fourth-order valence-corrected chi connectivity index (χ4v) is 2.76. The van der Waals surface area contributed by atoms with Crippen LogP contribution in [0.25, 0.3) is 0 Å². The molecule has 9 heteroatoms. The Morgan fingerprint density at radius 1 is 1.28 bits per heavy atom. The van der Waals surface area contributed by atoms with E-state index in [0.717, 1.165) is 12.1 Å². The number of carbonyl (C=O) groups excluding carboxylic acids is 3. The normalized spacial score (nSPS) is 14.2. The number of alkyl halides is 2. The van der Waals surface area contributed by atoms with E-state index in [-0.39, 0.29) is 31.8 Å². The number of hydrogen-bond acceptors (Lipinski definition) is 3. The van der Waals surface area contributed by atoms with Crippen LogP contribution in [0.4, 0.5) is 13.2 Å². The van der Waals surface area contributed by atoms with E-state index in [1.165, 1.54) is 11.9 Å². The number of carbonyl (C=O) groups is 3. The van der Waals surface area contributed by atoms with Gasteiger partial charge in [0.1, 0.15) is 11.9 Å². The maximum atomic E-state index is 13.6. The molecule has 0 aromatic heterocycles. The molecule has 0 radical (unpaired) electrons. The molecule has 0 bridgehead atoms. The Balaban J connectivity index is 2.00. The number of benzene rings is 1. The highest BCUT2D eigenvalue weighted by Gasteiger charge is 2.27. The van der Waals surface area contributed by atoms with E-state index in [1.807, 2.05) is 0 Å². The maximum Gasteiger partial charge on any atom is 0.266 e. The smallest absolute Gasteiger partial charge is 0.266 e. The Hall–Kier alpha value is -2.58. The van der Waals surface area contributed by atoms with Crippen molar-refractivity contribution >= 4 is 18.2 Å². The van der Waals surface area contributed by atoms with Crippen molar-refractivity contribution < 1.29 is 27.6 Å². The molecule has 0 spiro atoms. The van der Waals surface area contributed by atoms with Gasteiger partial charge in [-0.3, -0.25) is 14.4 Å². The SMILES string of the molecule is CNC(=O)C(CCC(=O)N1Cc2cc(F)c(C(F)F)cc2C1)NC=O. The maximum absolute atomic E-state index is 13.6. The molecule has 2 rings (SSSR count). The predicted molar refractivity (Wildman–Crippen MR) is 81.9 cm³/mol. The molecule has 136 valence electrons. The van der Waals surface area contributed by atoms with E-state index in [2.05, 4.69) is 10.6 Å². The lowest BCUT2D eigenvalue weighted by Gasteiger charge is -2.18. The molecule has 0 aliphatic carbocycles. The highest BCUT2D eigenvalue weighted by molar-refractivity contribution is 5.84. The average molecular weight is 357 g/mol. The summed E-state index contributed by atoms with van der Waals surface area (Å²) in [6.45, 7) is 0.236. The van der Waals surface area contributed by atoms with Crippen LogP contribution in [0.5, 0.6) is 0 Å². The summed E-state index contributed by atoms with van der Waals surface area (Å²) in [6, 6.07) is 1.29. The molecule has 1 aliphatic heterocycles. The molecule has 1 heterocycles. The molecule has 1 aromatic carbocycles. The van der Waals surface area contributed by atoms with Gasteiger partial charge in [-0.05, 0) is 29.7 Å². The van der Waals surface area contributed by atoms with Crippen molar-refractivity contribution in [1.82, 2.24) is 15.5 Å². The van der Waals surface area contributed by atoms with Crippen LogP contribution in [-0.2, 0) is 27.5 Å². The number of halogens is 3. The molecule has 3 amide bonds. The third-order valence-electron chi connectivity index (χ3n) is 4.11. The van der Waals surface area contributed by atoms with Gasteiger partial charge in [-0.1, -0.05) is 0 Å². The first kappa shape index (κ1) is 18.8. The number of amides is 3. The summed E-state index contributed by atoms with van der Waals surface area (Å²) in [6.07, 6.45) is -2.46. The molecule has 0 saturated heterocycles. The minimum absolute atomic E-state index is 0.0168. The van der Waals surface area contributed by atoms with E-state index in [4.69, 9.17) is 0 Å². The van der Waals surface area contributed by atoms with E-state index in [1.54, 1.807) is 0 Å². The van der Waals surface area contributed by atoms with Crippen LogP contribution in [0, 0.1) is 5.82 Å². The van der Waals surface area contributed by atoms with Gasteiger partial charge in [-0.15, -0.1) is 0 Å². The van der Waals surface area contributed by atoms with Gasteiger partial charge in [-0.2, -0.15) is 0 Å². The van der Waals surface area contributed by atoms with Crippen molar-refractivity contribution in [2.45, 2.75) is 38.4 Å². The lowest BCUT2D eigenvalue weighted by Crippen LogP contribution is -2.43. The number of rotatable bonds is 7. The molecular weight excluding hydrogens is 339 g/mol. The fourth-order valence-electron chi connectivity index (χ4n) is 2.76. The molecule has 0 fully saturated rings. The van der Waals surface area contributed by atoms with Gasteiger partial charge in [0.15, 0.2) is 0 Å². The minimum atomic E-state index is -2.92. The largest absolute Gasteiger partial charge is 0.357 e. The first-order valence-electron chi connectivity index (χ1n) is 7.65. The molecule has 1 aliphatic rings. The number of nitrogens with one attached hydrogen (secondary N) is 2. The number of likely N-dealkylation sites (N-methyl/N-ethyl adjacent to an activating group) is 1. The van der Waals surface area contributed by atoms with Gasteiger partial charge >= 0.3 is 0 Å². The Morgan fingerprint density at radius 2 is 1.92 bits per heavy atom. The standard InChI is InChI=1S/C16H18F3N3O3/c1-20-16(25)13(21-8-23)2-3-14(24)22-6-9-4-11(15(18)19)12(17)5-10(9)7-22/h4-5,8,13,15H,2-3,6-7H2,1H3,(H,20,25)(H,21,23). The van der Waals surface area contributed by atoms with Gasteiger partial charge in [0.05, 0.1) is 5.56 Å². The van der Waals surface area contributed by atoms with Crippen molar-refractivity contribution in [3.8, 4) is 0 Å². The summed E-state index contributed by atoms with van der Waals surface area (Å²) in [5, 5.41) is 4.71. The van der Waals surface area contributed by atoms with E-state index in [9.17, 15) is 27.6 Å². The van der Waals surface area contributed by atoms with Gasteiger partial charge < -0.3 is 15.5 Å². The van der Waals surface area contributed by atoms with Crippen LogP contribution in [0.2, 0.25) is 0 Å². The van der Waals surface area contributed by atoms with Crippen molar-refractivity contribution in [1.29, 1.82) is 0 Å². The van der Waals surface area contributed by atoms with Crippen LogP contribution in [-0.4, -0.2) is 36.2 Å². The summed E-state index contributed by atoms with van der Waals surface area (Å²) in [5.74, 6) is -1.72. The van der Waals surface area contributed by atoms with Gasteiger partial charge in [0.25, 0.3) is 6.43 Å². The topological polar surface area (TPSA) is 78.5 Å². The molecule has 1 unspecified atom stereocenters. The molecular formula is C16H18F3N3O3. The summed E-state index contributed by atoms with van der Waals surface area (Å²) < 4.78 is 39.1. The zero-order chi connectivity index (χ0) is 18.6. The highest BCUT2D eigenvalue weighted by Crippen LogP contribution is 2.30. The number of fused-ring (bicyclic) bond motifs is 1. The second-order valence-electron chi connectivity index (χ2n) is 5.68. The number of hydrogen-bond donors (Lipinski definition) is 2. The van der Waals surface area contributed by atoms with E-state index >= 15 is 0 Å². The zero-order valence-corrected chi connectivity index (χ0v) is 13.5. The van der Waals surface area contributed by atoms with Crippen LogP contribution in [0.3, 0.4) is 0 Å². The zero-order valence-electron chi connectivity index (χ0n) is 13.5. The first-order valence-corrected chi connectivity index (χ1v) is 7.65. The average Bonchev–Trinajstić information content (AvgIpc) is 2.99. The van der Waals surface area contributed by atoms with E-state index in [0.29, 0.717) is 17.5 Å². The Labute approximate surface area is 142 Å². The van der Waals surface area contributed by atoms with Crippen molar-refractivity contribution in [2.24, 2.45) is 0 Å². The molecule has 6 nitrogen and oxygen atoms in total. The summed E-state index contributed by atoms with van der Waals surface area (Å²) >= 11 is 0. The fraction of sp³-hybridized carbons (Fsp3) is 0.438. The van der Waals surface area contributed by atoms with Crippen molar-refractivity contribution in [3.63, 3.8) is 0 Å². The Kier molecular flexibility index (Phi) is 6.00. The third-order valence-corrected chi connectivity index (χ3v) is 4.11. The van der Waals surface area contributed by atoms with Crippen molar-refractivity contribution in [2.75, 3.05) is 7.05 Å². The van der Waals surface area contributed by atoms with Crippen molar-refractivity contribution in [3.05, 3.63) is 34.6 Å². The minimum Gasteiger partial charge on any atom is -0.357 e. The molecule has 25 heavy (non-hydrogen) atoms. The second kappa shape index (κ2) is 8.00. The quantitative estimate of drug-likeness (QED) is 0.721. The lowest BCUT2D eigenvalue weighted by molar-refractivity contribution is -0.132. The monoisotopic (exact) mass is 357 g/mol. The molecule has 1 atom stereocenters. The lowest BCUT2D eigenvalue weighted by atomic mass is 10.1. The van der Waals surface area contributed by atoms with Gasteiger partial charge in [-0.25, -0.2) is 13.2 Å². The van der Waals surface area contributed by atoms with Crippen LogP contribution in [0.1, 0.15) is 36.0 Å². The van der Waals surface area contributed by atoms with Crippen LogP contribution in [0.15, 0.2) is 12.1 Å².